The first-order chi connectivity index (χ1) is 13.2. The summed E-state index contributed by atoms with van der Waals surface area (Å²) in [7, 11) is 0. The molecule has 4 bridgehead atoms. The number of hydrogen-bond acceptors (Lipinski definition) is 3. The summed E-state index contributed by atoms with van der Waals surface area (Å²) in [5.74, 6) is 0.356. The van der Waals surface area contributed by atoms with Crippen molar-refractivity contribution in [2.75, 3.05) is 6.61 Å². The monoisotopic (exact) mass is 491 g/mol. The van der Waals surface area contributed by atoms with E-state index in [-0.39, 0.29) is 18.1 Å². The minimum atomic E-state index is -0.198. The van der Waals surface area contributed by atoms with E-state index >= 15 is 0 Å². The molecule has 6 rings (SSSR count). The summed E-state index contributed by atoms with van der Waals surface area (Å²) < 4.78 is 1.30. The Labute approximate surface area is 182 Å². The number of nitrogens with zero attached hydrogens (tertiary/aromatic N) is 1. The van der Waals surface area contributed by atoms with E-state index in [9.17, 15) is 10.2 Å². The summed E-state index contributed by atoms with van der Waals surface area (Å²) in [5.41, 5.74) is 6.25. The Morgan fingerprint density at radius 1 is 1.04 bits per heavy atom. The first kappa shape index (κ1) is 21.3. The third-order valence-electron chi connectivity index (χ3n) is 5.70. The van der Waals surface area contributed by atoms with Gasteiger partial charge in [-0.05, 0) is 88.9 Å². The predicted molar refractivity (Wildman–Crippen MR) is 125 cm³/mol. The maximum Gasteiger partial charge on any atom is 0.128 e. The van der Waals surface area contributed by atoms with Gasteiger partial charge in [-0.3, -0.25) is 4.99 Å². The van der Waals surface area contributed by atoms with Crippen LogP contribution in [0.15, 0.2) is 35.3 Å². The average molecular weight is 491 g/mol. The van der Waals surface area contributed by atoms with Crippen LogP contribution < -0.4 is 0 Å². The number of aliphatic hydroxyl groups is 1. The van der Waals surface area contributed by atoms with Gasteiger partial charge in [0.05, 0.1) is 12.6 Å². The summed E-state index contributed by atoms with van der Waals surface area (Å²) in [6.07, 6.45) is 3.48. The highest BCUT2D eigenvalue weighted by Crippen LogP contribution is 2.32. The lowest BCUT2D eigenvalue weighted by Gasteiger charge is -2.27. The van der Waals surface area contributed by atoms with Crippen molar-refractivity contribution in [2.24, 2.45) is 10.4 Å². The number of halogens is 1. The molecule has 2 aromatic rings. The van der Waals surface area contributed by atoms with Crippen molar-refractivity contribution >= 4 is 28.3 Å². The molecular formula is C24H30INO2. The molecule has 0 fully saturated rings. The molecule has 2 aromatic carbocycles. The van der Waals surface area contributed by atoms with Gasteiger partial charge >= 0.3 is 0 Å². The Bertz CT molecular complexity index is 896. The molecule has 1 atom stereocenters. The van der Waals surface area contributed by atoms with Crippen molar-refractivity contribution < 1.29 is 10.2 Å². The van der Waals surface area contributed by atoms with Gasteiger partial charge in [-0.15, -0.1) is 0 Å². The van der Waals surface area contributed by atoms with Crippen molar-refractivity contribution in [3.05, 3.63) is 61.7 Å². The Hall–Kier alpha value is -1.40. The highest BCUT2D eigenvalue weighted by Gasteiger charge is 2.25. The Kier molecular flexibility index (Phi) is 6.50. The molecule has 28 heavy (non-hydrogen) atoms. The molecule has 0 unspecified atom stereocenters. The van der Waals surface area contributed by atoms with Crippen LogP contribution in [0.3, 0.4) is 0 Å². The molecule has 4 aliphatic carbocycles. The molecular weight excluding hydrogens is 461 g/mol. The molecule has 0 aliphatic heterocycles. The van der Waals surface area contributed by atoms with Crippen LogP contribution in [0.1, 0.15) is 55.5 Å². The van der Waals surface area contributed by atoms with E-state index in [0.717, 1.165) is 48.1 Å². The summed E-state index contributed by atoms with van der Waals surface area (Å²) in [5, 5.41) is 20.9. The number of aromatic hydroxyl groups is 1. The Balaban J connectivity index is 2.06. The van der Waals surface area contributed by atoms with Gasteiger partial charge in [0.15, 0.2) is 0 Å². The van der Waals surface area contributed by atoms with E-state index in [4.69, 9.17) is 4.99 Å². The highest BCUT2D eigenvalue weighted by atomic mass is 127. The molecule has 3 nitrogen and oxygen atoms in total. The third-order valence-corrected chi connectivity index (χ3v) is 6.70. The molecule has 0 spiro atoms. The van der Waals surface area contributed by atoms with Gasteiger partial charge in [-0.1, -0.05) is 45.0 Å². The van der Waals surface area contributed by atoms with Gasteiger partial charge in [0.25, 0.3) is 0 Å². The van der Waals surface area contributed by atoms with Crippen LogP contribution in [-0.2, 0) is 25.7 Å². The quantitative estimate of drug-likeness (QED) is 0.464. The van der Waals surface area contributed by atoms with Crippen LogP contribution in [-0.4, -0.2) is 28.6 Å². The van der Waals surface area contributed by atoms with Crippen LogP contribution in [0.2, 0.25) is 0 Å². The van der Waals surface area contributed by atoms with Crippen LogP contribution >= 0.6 is 22.6 Å². The van der Waals surface area contributed by atoms with E-state index < -0.39 is 0 Å². The second-order valence-corrected chi connectivity index (χ2v) is 9.97. The number of phenols is 1. The summed E-state index contributed by atoms with van der Waals surface area (Å²) in [4.78, 5) is 4.83. The number of aliphatic imine (C=N–C) groups is 1. The SMILES string of the molecule is CC(=N[C@H](CO)C(C)(C)C)c1c2ccc(c1O)CCc1ccc(cc1I)CC2. The molecule has 0 heterocycles. The lowest BCUT2D eigenvalue weighted by atomic mass is 9.87. The molecule has 4 heteroatoms. The maximum atomic E-state index is 11.1. The number of benzene rings is 2. The fourth-order valence-electron chi connectivity index (χ4n) is 3.79. The predicted octanol–water partition coefficient (Wildman–Crippen LogP) is 5.10. The van der Waals surface area contributed by atoms with Crippen molar-refractivity contribution in [1.82, 2.24) is 0 Å². The minimum absolute atomic E-state index is 0.000891. The van der Waals surface area contributed by atoms with Crippen molar-refractivity contribution in [1.29, 1.82) is 0 Å². The zero-order valence-electron chi connectivity index (χ0n) is 17.2. The summed E-state index contributed by atoms with van der Waals surface area (Å²) in [6, 6.07) is 10.8. The van der Waals surface area contributed by atoms with E-state index in [1.807, 2.05) is 6.92 Å². The van der Waals surface area contributed by atoms with Gasteiger partial charge in [0, 0.05) is 14.8 Å². The smallest absolute Gasteiger partial charge is 0.128 e. The summed E-state index contributed by atoms with van der Waals surface area (Å²) in [6.45, 7) is 8.20. The molecule has 0 radical (unpaired) electrons. The molecule has 0 aromatic heterocycles. The number of aryl methyl sites for hydroxylation is 4. The second-order valence-electron chi connectivity index (χ2n) is 8.81. The van der Waals surface area contributed by atoms with Gasteiger partial charge in [0.1, 0.15) is 5.75 Å². The Morgan fingerprint density at radius 3 is 2.29 bits per heavy atom. The Morgan fingerprint density at radius 2 is 1.64 bits per heavy atom. The number of rotatable bonds is 3. The summed E-state index contributed by atoms with van der Waals surface area (Å²) >= 11 is 2.42. The van der Waals surface area contributed by atoms with Gasteiger partial charge in [0.2, 0.25) is 0 Å². The highest BCUT2D eigenvalue weighted by molar-refractivity contribution is 14.1. The van der Waals surface area contributed by atoms with Crippen LogP contribution in [0.25, 0.3) is 0 Å². The largest absolute Gasteiger partial charge is 0.507 e. The number of phenolic OH excluding ortho intramolecular Hbond substituents is 1. The molecule has 150 valence electrons. The third kappa shape index (κ3) is 4.60. The van der Waals surface area contributed by atoms with E-state index in [2.05, 4.69) is 73.7 Å². The van der Waals surface area contributed by atoms with E-state index in [0.29, 0.717) is 5.75 Å². The molecule has 4 aliphatic rings. The fraction of sp³-hybridized carbons (Fsp3) is 0.458. The molecule has 0 saturated carbocycles. The van der Waals surface area contributed by atoms with Gasteiger partial charge in [-0.25, -0.2) is 0 Å². The van der Waals surface area contributed by atoms with E-state index in [1.54, 1.807) is 0 Å². The van der Waals surface area contributed by atoms with E-state index in [1.165, 1.54) is 14.7 Å². The van der Waals surface area contributed by atoms with Crippen molar-refractivity contribution in [2.45, 2.75) is 59.4 Å². The topological polar surface area (TPSA) is 52.8 Å². The van der Waals surface area contributed by atoms with Gasteiger partial charge < -0.3 is 10.2 Å². The lowest BCUT2D eigenvalue weighted by Crippen LogP contribution is -2.29. The zero-order chi connectivity index (χ0) is 20.5. The zero-order valence-corrected chi connectivity index (χ0v) is 19.4. The molecule has 2 N–H and O–H groups in total. The number of aliphatic hydroxyl groups excluding tert-OH is 1. The number of hydrogen-bond donors (Lipinski definition) is 2. The molecule has 0 saturated heterocycles. The van der Waals surface area contributed by atoms with Crippen LogP contribution in [0, 0.1) is 8.99 Å². The molecule has 0 amide bonds. The van der Waals surface area contributed by atoms with Gasteiger partial charge in [-0.2, -0.15) is 0 Å². The lowest BCUT2D eigenvalue weighted by molar-refractivity contribution is 0.190. The normalized spacial score (nSPS) is 16.0. The van der Waals surface area contributed by atoms with Crippen LogP contribution in [0.4, 0.5) is 0 Å². The van der Waals surface area contributed by atoms with Crippen molar-refractivity contribution in [3.63, 3.8) is 0 Å². The first-order valence-electron chi connectivity index (χ1n) is 9.97. The first-order valence-corrected chi connectivity index (χ1v) is 11.0. The average Bonchev–Trinajstić information content (AvgIpc) is 2.61. The minimum Gasteiger partial charge on any atom is -0.507 e. The second kappa shape index (κ2) is 8.54. The fourth-order valence-corrected chi connectivity index (χ4v) is 4.64. The maximum absolute atomic E-state index is 11.1. The van der Waals surface area contributed by atoms with Crippen LogP contribution in [0.5, 0.6) is 5.75 Å². The van der Waals surface area contributed by atoms with Crippen molar-refractivity contribution in [3.8, 4) is 5.75 Å². The standard InChI is InChI=1S/C24H30INO2/c1-15(26-21(14-27)24(2,3)4)22-18-8-6-16-5-7-17(20(25)13-16)9-11-19(12-10-18)23(22)28/h5,7,10,12-13,21,27-28H,6,8-9,11,14H2,1-4H3/t21-/m1/s1.